The highest BCUT2D eigenvalue weighted by atomic mass is 16.2. The molecular weight excluding hydrogens is 316 g/mol. The van der Waals surface area contributed by atoms with Crippen LogP contribution in [0.4, 0.5) is 16.2 Å². The van der Waals surface area contributed by atoms with Gasteiger partial charge in [-0.15, -0.1) is 0 Å². The Morgan fingerprint density at radius 1 is 1.24 bits per heavy atom. The molecule has 0 bridgehead atoms. The fourth-order valence-electron chi connectivity index (χ4n) is 3.15. The van der Waals surface area contributed by atoms with Gasteiger partial charge in [0.05, 0.1) is 6.54 Å². The van der Waals surface area contributed by atoms with Gasteiger partial charge in [0.15, 0.2) is 0 Å². The van der Waals surface area contributed by atoms with Crippen LogP contribution in [0.1, 0.15) is 32.6 Å². The molecule has 1 atom stereocenters. The van der Waals surface area contributed by atoms with E-state index in [0.717, 1.165) is 18.8 Å². The van der Waals surface area contributed by atoms with Crippen LogP contribution in [-0.4, -0.2) is 39.9 Å². The second-order valence-corrected chi connectivity index (χ2v) is 6.57. The van der Waals surface area contributed by atoms with E-state index < -0.39 is 0 Å². The molecule has 0 spiro atoms. The van der Waals surface area contributed by atoms with Crippen LogP contribution in [0, 0.1) is 0 Å². The average Bonchev–Trinajstić information content (AvgIpc) is 2.94. The number of carbonyl (C=O) groups is 1. The average molecular weight is 342 g/mol. The zero-order valence-corrected chi connectivity index (χ0v) is 14.7. The molecule has 1 fully saturated rings. The molecule has 25 heavy (non-hydrogen) atoms. The van der Waals surface area contributed by atoms with Crippen LogP contribution in [0.3, 0.4) is 0 Å². The van der Waals surface area contributed by atoms with Crippen LogP contribution in [0.5, 0.6) is 0 Å². The standard InChI is InChI=1S/C18H26N6O/c1-15(12-24-14-19-13-20-24)21-18(25)22-16-7-6-8-17(11-16)23-9-4-2-3-5-10-23/h6-8,11,13-15H,2-5,9-10,12H2,1H3,(H2,21,22,25)/t15-/m0/s1. The van der Waals surface area contributed by atoms with E-state index in [9.17, 15) is 4.79 Å². The molecular formula is C18H26N6O. The number of nitrogens with zero attached hydrogens (tertiary/aromatic N) is 4. The summed E-state index contributed by atoms with van der Waals surface area (Å²) < 4.78 is 1.70. The lowest BCUT2D eigenvalue weighted by molar-refractivity contribution is 0.247. The summed E-state index contributed by atoms with van der Waals surface area (Å²) in [4.78, 5) is 18.5. The van der Waals surface area contributed by atoms with E-state index in [2.05, 4.69) is 31.7 Å². The zero-order valence-electron chi connectivity index (χ0n) is 14.7. The van der Waals surface area contributed by atoms with Gasteiger partial charge in [0.1, 0.15) is 12.7 Å². The first-order chi connectivity index (χ1) is 12.2. The van der Waals surface area contributed by atoms with E-state index in [-0.39, 0.29) is 12.1 Å². The first kappa shape index (κ1) is 17.3. The number of rotatable bonds is 5. The third-order valence-electron chi connectivity index (χ3n) is 4.38. The smallest absolute Gasteiger partial charge is 0.319 e. The molecule has 1 aromatic carbocycles. The first-order valence-electron chi connectivity index (χ1n) is 8.95. The summed E-state index contributed by atoms with van der Waals surface area (Å²) in [6.45, 7) is 4.70. The normalized spacial score (nSPS) is 16.1. The van der Waals surface area contributed by atoms with E-state index in [4.69, 9.17) is 0 Å². The summed E-state index contributed by atoms with van der Waals surface area (Å²) in [5, 5.41) is 9.90. The lowest BCUT2D eigenvalue weighted by Gasteiger charge is -2.23. The van der Waals surface area contributed by atoms with Gasteiger partial charge in [-0.05, 0) is 38.0 Å². The molecule has 0 saturated carbocycles. The molecule has 1 aliphatic rings. The van der Waals surface area contributed by atoms with Crippen molar-refractivity contribution in [2.24, 2.45) is 0 Å². The van der Waals surface area contributed by atoms with Crippen molar-refractivity contribution in [3.05, 3.63) is 36.9 Å². The molecule has 2 aromatic rings. The number of hydrogen-bond acceptors (Lipinski definition) is 4. The molecule has 2 amide bonds. The van der Waals surface area contributed by atoms with Gasteiger partial charge in [0, 0.05) is 30.5 Å². The molecule has 0 radical (unpaired) electrons. The predicted octanol–water partition coefficient (Wildman–Crippen LogP) is 2.87. The van der Waals surface area contributed by atoms with Gasteiger partial charge in [-0.25, -0.2) is 9.78 Å². The molecule has 7 heteroatoms. The van der Waals surface area contributed by atoms with Crippen molar-refractivity contribution < 1.29 is 4.79 Å². The van der Waals surface area contributed by atoms with E-state index in [1.807, 2.05) is 25.1 Å². The Hall–Kier alpha value is -2.57. The molecule has 0 aliphatic carbocycles. The Labute approximate surface area is 148 Å². The van der Waals surface area contributed by atoms with Crippen LogP contribution < -0.4 is 15.5 Å². The van der Waals surface area contributed by atoms with Crippen LogP contribution in [0.25, 0.3) is 0 Å². The maximum absolute atomic E-state index is 12.2. The predicted molar refractivity (Wildman–Crippen MR) is 98.8 cm³/mol. The number of benzene rings is 1. The van der Waals surface area contributed by atoms with E-state index >= 15 is 0 Å². The minimum atomic E-state index is -0.208. The molecule has 1 aliphatic heterocycles. The van der Waals surface area contributed by atoms with Crippen LogP contribution in [0.15, 0.2) is 36.9 Å². The van der Waals surface area contributed by atoms with E-state index in [0.29, 0.717) is 6.54 Å². The molecule has 1 saturated heterocycles. The van der Waals surface area contributed by atoms with Gasteiger partial charge >= 0.3 is 6.03 Å². The minimum absolute atomic E-state index is 0.0458. The van der Waals surface area contributed by atoms with Gasteiger partial charge in [0.25, 0.3) is 0 Å². The number of nitrogens with one attached hydrogen (secondary N) is 2. The number of hydrogen-bond donors (Lipinski definition) is 2. The van der Waals surface area contributed by atoms with Crippen molar-refractivity contribution in [3.8, 4) is 0 Å². The Kier molecular flexibility index (Phi) is 5.87. The topological polar surface area (TPSA) is 75.1 Å². The maximum atomic E-state index is 12.2. The van der Waals surface area contributed by atoms with Gasteiger partial charge < -0.3 is 15.5 Å². The summed E-state index contributed by atoms with van der Waals surface area (Å²) in [6, 6.07) is 7.82. The molecule has 0 unspecified atom stereocenters. The van der Waals surface area contributed by atoms with Crippen LogP contribution >= 0.6 is 0 Å². The van der Waals surface area contributed by atoms with Crippen molar-refractivity contribution in [1.82, 2.24) is 20.1 Å². The van der Waals surface area contributed by atoms with Crippen molar-refractivity contribution in [3.63, 3.8) is 0 Å². The van der Waals surface area contributed by atoms with Crippen LogP contribution in [0.2, 0.25) is 0 Å². The number of urea groups is 1. The highest BCUT2D eigenvalue weighted by Crippen LogP contribution is 2.22. The van der Waals surface area contributed by atoms with Crippen molar-refractivity contribution in [1.29, 1.82) is 0 Å². The first-order valence-corrected chi connectivity index (χ1v) is 8.95. The van der Waals surface area contributed by atoms with Crippen molar-refractivity contribution in [2.45, 2.75) is 45.2 Å². The van der Waals surface area contributed by atoms with Gasteiger partial charge in [-0.3, -0.25) is 4.68 Å². The summed E-state index contributed by atoms with van der Waals surface area (Å²) in [5.74, 6) is 0. The third kappa shape index (κ3) is 5.20. The summed E-state index contributed by atoms with van der Waals surface area (Å²) in [5.41, 5.74) is 1.99. The monoisotopic (exact) mass is 342 g/mol. The van der Waals surface area contributed by atoms with Gasteiger partial charge in [-0.2, -0.15) is 5.10 Å². The fourth-order valence-corrected chi connectivity index (χ4v) is 3.15. The third-order valence-corrected chi connectivity index (χ3v) is 4.38. The Balaban J connectivity index is 1.54. The molecule has 134 valence electrons. The Morgan fingerprint density at radius 2 is 2.04 bits per heavy atom. The lowest BCUT2D eigenvalue weighted by atomic mass is 10.2. The molecule has 1 aromatic heterocycles. The lowest BCUT2D eigenvalue weighted by Crippen LogP contribution is -2.38. The second-order valence-electron chi connectivity index (χ2n) is 6.57. The Morgan fingerprint density at radius 3 is 2.76 bits per heavy atom. The quantitative estimate of drug-likeness (QED) is 0.876. The SMILES string of the molecule is C[C@@H](Cn1cncn1)NC(=O)Nc1cccc(N2CCCCCC2)c1. The summed E-state index contributed by atoms with van der Waals surface area (Å²) >= 11 is 0. The molecule has 7 nitrogen and oxygen atoms in total. The largest absolute Gasteiger partial charge is 0.371 e. The van der Waals surface area contributed by atoms with Gasteiger partial charge in [0.2, 0.25) is 0 Å². The van der Waals surface area contributed by atoms with E-state index in [1.165, 1.54) is 37.7 Å². The summed E-state index contributed by atoms with van der Waals surface area (Å²) in [7, 11) is 0. The highest BCUT2D eigenvalue weighted by molar-refractivity contribution is 5.90. The number of carbonyl (C=O) groups excluding carboxylic acids is 1. The van der Waals surface area contributed by atoms with Crippen LogP contribution in [-0.2, 0) is 6.54 Å². The summed E-state index contributed by atoms with van der Waals surface area (Å²) in [6.07, 6.45) is 8.21. The molecule has 3 rings (SSSR count). The number of anilines is 2. The highest BCUT2D eigenvalue weighted by Gasteiger charge is 2.12. The molecule has 2 heterocycles. The second kappa shape index (κ2) is 8.50. The maximum Gasteiger partial charge on any atom is 0.319 e. The van der Waals surface area contributed by atoms with Crippen molar-refractivity contribution in [2.75, 3.05) is 23.3 Å². The number of amides is 2. The zero-order chi connectivity index (χ0) is 17.5. The van der Waals surface area contributed by atoms with Gasteiger partial charge in [-0.1, -0.05) is 18.9 Å². The molecule has 2 N–H and O–H groups in total. The fraction of sp³-hybridized carbons (Fsp3) is 0.500. The number of aromatic nitrogens is 3. The Bertz CT molecular complexity index is 664. The minimum Gasteiger partial charge on any atom is -0.371 e. The van der Waals surface area contributed by atoms with Crippen molar-refractivity contribution >= 4 is 17.4 Å². The van der Waals surface area contributed by atoms with E-state index in [1.54, 1.807) is 11.0 Å².